The largest absolute Gasteiger partial charge is 0.298 e. The minimum atomic E-state index is -0.724. The summed E-state index contributed by atoms with van der Waals surface area (Å²) in [6.45, 7) is 0. The van der Waals surface area contributed by atoms with Crippen molar-refractivity contribution in [3.8, 4) is 0 Å². The molecule has 0 unspecified atom stereocenters. The highest BCUT2D eigenvalue weighted by Crippen LogP contribution is 2.16. The Morgan fingerprint density at radius 2 is 2.09 bits per heavy atom. The van der Waals surface area contributed by atoms with Gasteiger partial charge in [0.1, 0.15) is 17.9 Å². The van der Waals surface area contributed by atoms with E-state index in [4.69, 9.17) is 0 Å². The first-order valence-electron chi connectivity index (χ1n) is 3.11. The molecule has 0 atom stereocenters. The molecule has 58 valence electrons. The maximum absolute atomic E-state index is 12.5. The molecular weight excluding hydrogens is 150 g/mol. The molecule has 0 aromatic carbocycles. The molecule has 1 aliphatic carbocycles. The van der Waals surface area contributed by atoms with E-state index in [9.17, 15) is 13.6 Å². The maximum atomic E-state index is 12.5. The third-order valence-corrected chi connectivity index (χ3v) is 1.27. The van der Waals surface area contributed by atoms with Crippen molar-refractivity contribution in [3.05, 3.63) is 35.5 Å². The second-order valence-corrected chi connectivity index (χ2v) is 2.15. The molecule has 0 amide bonds. The van der Waals surface area contributed by atoms with E-state index in [1.54, 1.807) is 0 Å². The summed E-state index contributed by atoms with van der Waals surface area (Å²) < 4.78 is 24.9. The summed E-state index contributed by atoms with van der Waals surface area (Å²) in [6, 6.07) is 0. The maximum Gasteiger partial charge on any atom is 0.149 e. The van der Waals surface area contributed by atoms with E-state index in [1.165, 1.54) is 6.08 Å². The second kappa shape index (κ2) is 3.23. The molecule has 1 aliphatic rings. The van der Waals surface area contributed by atoms with E-state index in [2.05, 4.69) is 0 Å². The van der Waals surface area contributed by atoms with Crippen LogP contribution in [0.25, 0.3) is 0 Å². The molecule has 0 fully saturated rings. The Balaban J connectivity index is 2.94. The van der Waals surface area contributed by atoms with Crippen molar-refractivity contribution in [2.45, 2.75) is 6.42 Å². The molecule has 0 aliphatic heterocycles. The van der Waals surface area contributed by atoms with Crippen LogP contribution in [0.3, 0.4) is 0 Å². The molecule has 0 N–H and O–H groups in total. The molecule has 0 bridgehead atoms. The lowest BCUT2D eigenvalue weighted by molar-refractivity contribution is -0.104. The smallest absolute Gasteiger partial charge is 0.149 e. The number of hydrogen-bond donors (Lipinski definition) is 0. The van der Waals surface area contributed by atoms with E-state index in [-0.39, 0.29) is 12.0 Å². The zero-order chi connectivity index (χ0) is 8.27. The van der Waals surface area contributed by atoms with Gasteiger partial charge in [-0.25, -0.2) is 8.78 Å². The summed E-state index contributed by atoms with van der Waals surface area (Å²) >= 11 is 0. The Kier molecular flexibility index (Phi) is 2.31. The first-order valence-corrected chi connectivity index (χ1v) is 3.11. The summed E-state index contributed by atoms with van der Waals surface area (Å²) in [5, 5.41) is 0. The lowest BCUT2D eigenvalue weighted by atomic mass is 10.2. The fourth-order valence-electron chi connectivity index (χ4n) is 0.766. The molecule has 0 aromatic rings. The van der Waals surface area contributed by atoms with Gasteiger partial charge in [-0.2, -0.15) is 0 Å². The van der Waals surface area contributed by atoms with Crippen molar-refractivity contribution >= 4 is 6.29 Å². The average molecular weight is 156 g/mol. The van der Waals surface area contributed by atoms with Gasteiger partial charge in [-0.05, 0) is 6.08 Å². The number of allylic oxidation sites excluding steroid dienone is 6. The minimum Gasteiger partial charge on any atom is -0.298 e. The van der Waals surface area contributed by atoms with E-state index in [0.29, 0.717) is 6.29 Å². The van der Waals surface area contributed by atoms with Gasteiger partial charge < -0.3 is 0 Å². The highest BCUT2D eigenvalue weighted by atomic mass is 19.1. The summed E-state index contributed by atoms with van der Waals surface area (Å²) in [4.78, 5) is 10.1. The zero-order valence-electron chi connectivity index (χ0n) is 5.68. The summed E-state index contributed by atoms with van der Waals surface area (Å²) in [5.41, 5.74) is 0.173. The first-order chi connectivity index (χ1) is 5.22. The SMILES string of the molecule is O=CC1=CCC(F)=CC(F)=C1. The quantitative estimate of drug-likeness (QED) is 0.532. The third-order valence-electron chi connectivity index (χ3n) is 1.27. The van der Waals surface area contributed by atoms with Crippen molar-refractivity contribution < 1.29 is 13.6 Å². The number of halogens is 2. The summed E-state index contributed by atoms with van der Waals surface area (Å²) in [5.74, 6) is -1.30. The predicted octanol–water partition coefficient (Wildman–Crippen LogP) is 2.22. The van der Waals surface area contributed by atoms with Crippen LogP contribution in [0.4, 0.5) is 8.78 Å². The van der Waals surface area contributed by atoms with E-state index in [1.807, 2.05) is 0 Å². The van der Waals surface area contributed by atoms with Crippen molar-refractivity contribution in [3.63, 3.8) is 0 Å². The molecule has 3 heteroatoms. The number of rotatable bonds is 1. The fourth-order valence-corrected chi connectivity index (χ4v) is 0.766. The lowest BCUT2D eigenvalue weighted by Crippen LogP contribution is -1.77. The Labute approximate surface area is 62.7 Å². The third kappa shape index (κ3) is 2.11. The zero-order valence-corrected chi connectivity index (χ0v) is 5.68. The van der Waals surface area contributed by atoms with Crippen LogP contribution in [-0.2, 0) is 4.79 Å². The van der Waals surface area contributed by atoms with Crippen molar-refractivity contribution in [1.82, 2.24) is 0 Å². The Morgan fingerprint density at radius 3 is 2.73 bits per heavy atom. The molecule has 0 aromatic heterocycles. The van der Waals surface area contributed by atoms with Crippen LogP contribution >= 0.6 is 0 Å². The van der Waals surface area contributed by atoms with Gasteiger partial charge in [0.25, 0.3) is 0 Å². The van der Waals surface area contributed by atoms with Crippen LogP contribution < -0.4 is 0 Å². The second-order valence-electron chi connectivity index (χ2n) is 2.15. The van der Waals surface area contributed by atoms with Crippen LogP contribution in [0.5, 0.6) is 0 Å². The standard InChI is InChI=1S/C8H6F2O/c9-7-2-1-6(5-11)3-8(10)4-7/h1,3-5H,2H2. The fraction of sp³-hybridized carbons (Fsp3) is 0.125. The van der Waals surface area contributed by atoms with Crippen LogP contribution in [-0.4, -0.2) is 6.29 Å². The number of aldehydes is 1. The van der Waals surface area contributed by atoms with Gasteiger partial charge in [-0.15, -0.1) is 0 Å². The van der Waals surface area contributed by atoms with Crippen LogP contribution in [0.2, 0.25) is 0 Å². The van der Waals surface area contributed by atoms with Gasteiger partial charge in [-0.3, -0.25) is 4.79 Å². The molecule has 0 heterocycles. The number of carbonyl (C=O) groups is 1. The highest BCUT2D eigenvalue weighted by molar-refractivity contribution is 5.78. The van der Waals surface area contributed by atoms with Gasteiger partial charge in [-0.1, -0.05) is 6.08 Å². The van der Waals surface area contributed by atoms with E-state index >= 15 is 0 Å². The van der Waals surface area contributed by atoms with Crippen LogP contribution in [0.1, 0.15) is 6.42 Å². The van der Waals surface area contributed by atoms with Gasteiger partial charge in [0.05, 0.1) is 0 Å². The molecule has 0 saturated heterocycles. The van der Waals surface area contributed by atoms with Crippen molar-refractivity contribution in [2.75, 3.05) is 0 Å². The number of hydrogen-bond acceptors (Lipinski definition) is 1. The topological polar surface area (TPSA) is 17.1 Å². The first kappa shape index (κ1) is 7.85. The predicted molar refractivity (Wildman–Crippen MR) is 37.1 cm³/mol. The number of carbonyl (C=O) groups excluding carboxylic acids is 1. The molecule has 0 saturated carbocycles. The summed E-state index contributed by atoms with van der Waals surface area (Å²) in [6.07, 6.45) is 3.59. The molecule has 0 radical (unpaired) electrons. The molecular formula is C8H6F2O. The minimum absolute atomic E-state index is 0.0159. The Morgan fingerprint density at radius 1 is 1.36 bits per heavy atom. The Hall–Kier alpha value is -1.25. The van der Waals surface area contributed by atoms with Gasteiger partial charge in [0.2, 0.25) is 0 Å². The molecule has 0 spiro atoms. The lowest BCUT2D eigenvalue weighted by Gasteiger charge is -1.84. The van der Waals surface area contributed by atoms with Gasteiger partial charge in [0, 0.05) is 18.1 Å². The van der Waals surface area contributed by atoms with Crippen molar-refractivity contribution in [1.29, 1.82) is 0 Å². The normalized spacial score (nSPS) is 17.8. The molecule has 1 nitrogen and oxygen atoms in total. The highest BCUT2D eigenvalue weighted by Gasteiger charge is 2.02. The van der Waals surface area contributed by atoms with Crippen LogP contribution in [0.15, 0.2) is 35.5 Å². The average Bonchev–Trinajstić information content (AvgIpc) is 2.11. The Bertz CT molecular complexity index is 261. The summed E-state index contributed by atoms with van der Waals surface area (Å²) in [7, 11) is 0. The van der Waals surface area contributed by atoms with E-state index in [0.717, 1.165) is 12.2 Å². The van der Waals surface area contributed by atoms with Crippen LogP contribution in [0, 0.1) is 0 Å². The van der Waals surface area contributed by atoms with Crippen molar-refractivity contribution in [2.24, 2.45) is 0 Å². The van der Waals surface area contributed by atoms with E-state index < -0.39 is 11.7 Å². The molecule has 11 heavy (non-hydrogen) atoms. The molecule has 1 rings (SSSR count). The monoisotopic (exact) mass is 156 g/mol. The van der Waals surface area contributed by atoms with Gasteiger partial charge >= 0.3 is 0 Å². The van der Waals surface area contributed by atoms with Gasteiger partial charge in [0.15, 0.2) is 0 Å².